The predicted molar refractivity (Wildman–Crippen MR) is 266 cm³/mol. The molecular weight excluding hydrogens is 835 g/mol. The van der Waals surface area contributed by atoms with E-state index in [0.717, 1.165) is 86.7 Å². The van der Waals surface area contributed by atoms with Crippen molar-refractivity contribution in [3.63, 3.8) is 0 Å². The number of methoxy groups -OCH3 is 1. The molecule has 0 aromatic carbocycles. The Kier molecular flexibility index (Phi) is 16.4. The molecule has 1 N–H and O–H groups in total. The monoisotopic (exact) mass is 908 g/mol. The van der Waals surface area contributed by atoms with E-state index in [1.54, 1.807) is 0 Å². The van der Waals surface area contributed by atoms with Crippen LogP contribution in [-0.2, 0) is 30.3 Å². The fourth-order valence-electron chi connectivity index (χ4n) is 11.2. The zero-order chi connectivity index (χ0) is 47.0. The molecule has 0 radical (unpaired) electrons. The van der Waals surface area contributed by atoms with Gasteiger partial charge in [0.05, 0.1) is 7.11 Å². The second-order valence-corrected chi connectivity index (χ2v) is 20.3. The van der Waals surface area contributed by atoms with Gasteiger partial charge in [-0.3, -0.25) is 14.4 Å². The van der Waals surface area contributed by atoms with Crippen LogP contribution in [0.15, 0.2) is 46.5 Å². The Morgan fingerprint density at radius 1 is 0.909 bits per heavy atom. The number of hydrogen-bond donors (Lipinski definition) is 1. The molecule has 8 bridgehead atoms. The second-order valence-electron chi connectivity index (χ2n) is 20.3. The number of carbonyl (C=O) groups excluding carboxylic acids is 3. The summed E-state index contributed by atoms with van der Waals surface area (Å²) in [7, 11) is 1.31. The van der Waals surface area contributed by atoms with Gasteiger partial charge in [0, 0.05) is 6.42 Å². The van der Waals surface area contributed by atoms with Crippen LogP contribution in [0.1, 0.15) is 160 Å². The third kappa shape index (κ3) is 9.64. The minimum atomic E-state index is -1.20. The van der Waals surface area contributed by atoms with Crippen molar-refractivity contribution >= 4 is 65.1 Å². The summed E-state index contributed by atoms with van der Waals surface area (Å²) in [4.78, 5) is 52.1. The largest absolute Gasteiger partial charge is 2.00 e. The number of ketones is 1. The van der Waals surface area contributed by atoms with E-state index in [2.05, 4.69) is 67.3 Å². The summed E-state index contributed by atoms with van der Waals surface area (Å²) in [6.07, 6.45) is 22.4. The van der Waals surface area contributed by atoms with Gasteiger partial charge in [-0.05, 0) is 100 Å². The van der Waals surface area contributed by atoms with Crippen LogP contribution >= 0.6 is 0 Å². The molecular formula is C55H73MgN5O5-2. The van der Waals surface area contributed by atoms with E-state index >= 15 is 0 Å². The van der Waals surface area contributed by atoms with E-state index < -0.39 is 23.1 Å². The fraction of sp³-hybridized carbons (Fsp3) is 0.582. The molecule has 5 aliphatic rings. The maximum Gasteiger partial charge on any atom is 2.00 e. The van der Waals surface area contributed by atoms with Crippen LogP contribution in [0, 0.1) is 49.4 Å². The van der Waals surface area contributed by atoms with Crippen molar-refractivity contribution in [2.45, 2.75) is 157 Å². The van der Waals surface area contributed by atoms with Crippen LogP contribution in [0.4, 0.5) is 0 Å². The SMILES string of the molecule is C=Cc1c2[n-]c(c1C)/C=C1\[N-]/C(=C3/[C@@H](C(=O)OC)C(=O)[C@@]45N[C@@]34[N-]C(=C5C)/C=c3\[n-]/c(c(C)c3CC)=C\2)[C@@H](CCC(=O)OC/C=C(\C)CCC[C@H](C)CCC[C@H](C)CCCC(C)C)[C@@H]1C.[Mg+2]. The number of esters is 2. The van der Waals surface area contributed by atoms with Crippen LogP contribution in [0.25, 0.3) is 34.9 Å². The van der Waals surface area contributed by atoms with Crippen molar-refractivity contribution in [3.05, 3.63) is 101 Å². The Balaban J connectivity index is 0.00000720. The molecule has 2 saturated heterocycles. The van der Waals surface area contributed by atoms with Gasteiger partial charge < -0.3 is 35.4 Å². The summed E-state index contributed by atoms with van der Waals surface area (Å²) in [5, 5.41) is 15.7. The zero-order valence-electron chi connectivity index (χ0n) is 41.8. The Labute approximate surface area is 410 Å². The molecule has 7 rings (SSSR count). The first-order chi connectivity index (χ1) is 31.0. The maximum absolute atomic E-state index is 14.7. The number of hydrogen-bond acceptors (Lipinski definition) is 6. The van der Waals surface area contributed by atoms with Gasteiger partial charge in [-0.1, -0.05) is 151 Å². The van der Waals surface area contributed by atoms with Crippen LogP contribution in [0.5, 0.6) is 0 Å². The summed E-state index contributed by atoms with van der Waals surface area (Å²) in [6.45, 7) is 26.1. The summed E-state index contributed by atoms with van der Waals surface area (Å²) >= 11 is 0. The molecule has 2 aromatic heterocycles. The maximum atomic E-state index is 14.7. The average molecular weight is 909 g/mol. The number of fused-ring (bicyclic) bond motifs is 7. The molecule has 3 fully saturated rings. The smallest absolute Gasteiger partial charge is 0.664 e. The van der Waals surface area contributed by atoms with E-state index in [0.29, 0.717) is 29.3 Å². The molecule has 0 unspecified atom stereocenters. The molecule has 0 amide bonds. The standard InChI is InChI=1S/C55H73N5O5.Mg/c1-13-39-35(8)42-28-44-37(10)41(24-25-48(61)65-27-26-34(7)23-17-22-33(6)21-16-20-32(5)19-15-18-31(3)4)51(58-44)50-49(53(63)64-12)52(62)54-38(11)45(59-55(50,54)60-54)30-47-40(14-2)36(9)43(57-47)29-46(39)56-42;/h13,26,28-33,37,41,49,60H,1,14-25,27H2,2-12H3;/q-4;+2/b34-26+,43-29-,44-28-,47-30-,51-50-;/t32-,33-,37+,41+,49-,54-,55+;/m1./s1. The Morgan fingerprint density at radius 3 is 2.24 bits per heavy atom. The Hall–Kier alpha value is -4.06. The van der Waals surface area contributed by atoms with E-state index in [1.807, 2.05) is 44.2 Å². The first-order valence-corrected chi connectivity index (χ1v) is 24.5. The van der Waals surface area contributed by atoms with Crippen LogP contribution in [-0.4, -0.2) is 65.7 Å². The first kappa shape index (κ1) is 51.3. The van der Waals surface area contributed by atoms with Crippen molar-refractivity contribution in [1.82, 2.24) is 15.3 Å². The Bertz CT molecular complexity index is 2470. The van der Waals surface area contributed by atoms with E-state index in [9.17, 15) is 14.4 Å². The van der Waals surface area contributed by atoms with Crippen LogP contribution < -0.4 is 26.0 Å². The van der Waals surface area contributed by atoms with Crippen molar-refractivity contribution in [3.8, 4) is 0 Å². The van der Waals surface area contributed by atoms with Crippen LogP contribution in [0.3, 0.4) is 0 Å². The van der Waals surface area contributed by atoms with E-state index in [1.165, 1.54) is 57.6 Å². The van der Waals surface area contributed by atoms with E-state index in [4.69, 9.17) is 30.1 Å². The number of Topliss-reactive ketones (excluding diaryl/α,β-unsaturated/α-hetero) is 1. The zero-order valence-corrected chi connectivity index (χ0v) is 43.2. The van der Waals surface area contributed by atoms with Gasteiger partial charge in [0.2, 0.25) is 0 Å². The number of nitrogens with zero attached hydrogens (tertiary/aromatic N) is 4. The number of piperidine rings is 1. The third-order valence-electron chi connectivity index (χ3n) is 15.3. The van der Waals surface area contributed by atoms with Gasteiger partial charge in [0.15, 0.2) is 5.78 Å². The van der Waals surface area contributed by atoms with E-state index in [-0.39, 0.29) is 59.7 Å². The molecule has 2 aromatic rings. The molecule has 7 atom stereocenters. The molecule has 4 aliphatic heterocycles. The van der Waals surface area contributed by atoms with Gasteiger partial charge in [-0.25, -0.2) is 0 Å². The topological polar surface area (TPSA) is 148 Å². The molecule has 66 heavy (non-hydrogen) atoms. The average Bonchev–Trinajstić information content (AvgIpc) is 3.42. The molecule has 1 spiro atoms. The summed E-state index contributed by atoms with van der Waals surface area (Å²) in [5.74, 6) is -0.623. The number of aromatic nitrogens is 2. The quantitative estimate of drug-likeness (QED) is 0.0454. The first-order valence-electron chi connectivity index (χ1n) is 24.5. The minimum absolute atomic E-state index is 0. The minimum Gasteiger partial charge on any atom is -0.664 e. The molecule has 352 valence electrons. The van der Waals surface area contributed by atoms with Crippen molar-refractivity contribution < 1.29 is 23.9 Å². The third-order valence-corrected chi connectivity index (χ3v) is 15.3. The van der Waals surface area contributed by atoms with Gasteiger partial charge in [0.1, 0.15) is 18.1 Å². The van der Waals surface area contributed by atoms with Crippen LogP contribution in [0.2, 0.25) is 0 Å². The number of ether oxygens (including phenoxy) is 2. The number of nitrogens with one attached hydrogen (secondary N) is 1. The Morgan fingerprint density at radius 2 is 1.59 bits per heavy atom. The second kappa shape index (κ2) is 21.1. The summed E-state index contributed by atoms with van der Waals surface area (Å²) in [5.41, 5.74) is 7.65. The summed E-state index contributed by atoms with van der Waals surface area (Å²) < 4.78 is 11.1. The predicted octanol–water partition coefficient (Wildman–Crippen LogP) is 9.68. The molecule has 1 saturated carbocycles. The van der Waals surface area contributed by atoms with Gasteiger partial charge in [-0.15, -0.1) is 27.8 Å². The molecule has 1 aliphatic carbocycles. The van der Waals surface area contributed by atoms with Crippen molar-refractivity contribution in [2.75, 3.05) is 13.7 Å². The van der Waals surface area contributed by atoms with Crippen molar-refractivity contribution in [1.29, 1.82) is 0 Å². The molecule has 6 heterocycles. The normalized spacial score (nSPS) is 27.6. The number of carbonyl (C=O) groups is 3. The summed E-state index contributed by atoms with van der Waals surface area (Å²) in [6, 6.07) is 0. The van der Waals surface area contributed by atoms with Crippen molar-refractivity contribution in [2.24, 2.45) is 35.5 Å². The molecule has 11 heteroatoms. The number of allylic oxidation sites excluding steroid dienone is 4. The van der Waals surface area contributed by atoms with Gasteiger partial charge in [0.25, 0.3) is 0 Å². The van der Waals surface area contributed by atoms with Gasteiger partial charge in [-0.2, -0.15) is 11.4 Å². The van der Waals surface area contributed by atoms with Gasteiger partial charge >= 0.3 is 35.0 Å². The number of rotatable bonds is 20. The molecule has 10 nitrogen and oxygen atoms in total. The fourth-order valence-corrected chi connectivity index (χ4v) is 11.2.